The van der Waals surface area contributed by atoms with Crippen LogP contribution < -0.4 is 10.2 Å². The molecule has 3 unspecified atom stereocenters. The lowest BCUT2D eigenvalue weighted by Crippen LogP contribution is -2.43. The lowest BCUT2D eigenvalue weighted by Gasteiger charge is -2.34. The van der Waals surface area contributed by atoms with Crippen molar-refractivity contribution in [3.63, 3.8) is 0 Å². The van der Waals surface area contributed by atoms with E-state index in [1.807, 2.05) is 43.3 Å². The third kappa shape index (κ3) is 3.33. The van der Waals surface area contributed by atoms with E-state index in [0.29, 0.717) is 17.9 Å². The minimum atomic E-state index is 0.0552. The highest BCUT2D eigenvalue weighted by atomic mass is 16.1. The van der Waals surface area contributed by atoms with E-state index in [4.69, 9.17) is 0 Å². The molecule has 0 saturated heterocycles. The number of nitrogens with one attached hydrogen (secondary N) is 1. The Balaban J connectivity index is 2.06. The molecule has 1 aliphatic rings. The molecule has 1 aliphatic carbocycles. The topological polar surface area (TPSA) is 32.3 Å². The van der Waals surface area contributed by atoms with Crippen LogP contribution in [0.5, 0.6) is 0 Å². The van der Waals surface area contributed by atoms with Gasteiger partial charge in [0.1, 0.15) is 0 Å². The number of hydrogen-bond acceptors (Lipinski definition) is 2. The van der Waals surface area contributed by atoms with E-state index in [-0.39, 0.29) is 5.91 Å². The summed E-state index contributed by atoms with van der Waals surface area (Å²) in [5.74, 6) is 1.31. The summed E-state index contributed by atoms with van der Waals surface area (Å²) in [7, 11) is 3.98. The summed E-state index contributed by atoms with van der Waals surface area (Å²) in [4.78, 5) is 14.4. The molecule has 1 N–H and O–H groups in total. The summed E-state index contributed by atoms with van der Waals surface area (Å²) in [6.07, 6.45) is 3.60. The Hall–Kier alpha value is -1.51. The van der Waals surface area contributed by atoms with Crippen molar-refractivity contribution in [2.75, 3.05) is 19.0 Å². The maximum Gasteiger partial charge on any atom is 0.251 e. The predicted molar refractivity (Wildman–Crippen MR) is 84.2 cm³/mol. The number of amides is 1. The quantitative estimate of drug-likeness (QED) is 0.917. The van der Waals surface area contributed by atoms with Crippen LogP contribution in [0.15, 0.2) is 24.3 Å². The lowest BCUT2D eigenvalue weighted by molar-refractivity contribution is 0.0891. The van der Waals surface area contributed by atoms with Gasteiger partial charge in [0.15, 0.2) is 0 Å². The first-order chi connectivity index (χ1) is 9.49. The summed E-state index contributed by atoms with van der Waals surface area (Å²) in [6, 6.07) is 8.11. The number of carbonyl (C=O) groups is 1. The minimum Gasteiger partial charge on any atom is -0.378 e. The molecule has 0 heterocycles. The van der Waals surface area contributed by atoms with Crippen molar-refractivity contribution in [2.24, 2.45) is 11.8 Å². The van der Waals surface area contributed by atoms with Gasteiger partial charge in [-0.1, -0.05) is 32.8 Å². The van der Waals surface area contributed by atoms with Crippen LogP contribution in [0.4, 0.5) is 5.69 Å². The number of hydrogen-bond donors (Lipinski definition) is 1. The maximum atomic E-state index is 12.4. The van der Waals surface area contributed by atoms with E-state index in [1.54, 1.807) is 0 Å². The first kappa shape index (κ1) is 14.9. The molecule has 3 atom stereocenters. The summed E-state index contributed by atoms with van der Waals surface area (Å²) in [5, 5.41) is 3.22. The second-order valence-corrected chi connectivity index (χ2v) is 6.29. The molecule has 20 heavy (non-hydrogen) atoms. The highest BCUT2D eigenvalue weighted by Crippen LogP contribution is 2.29. The molecule has 1 saturated carbocycles. The molecule has 1 aromatic carbocycles. The molecular weight excluding hydrogens is 248 g/mol. The normalized spacial score (nSPS) is 26.1. The van der Waals surface area contributed by atoms with E-state index in [9.17, 15) is 4.79 Å². The fraction of sp³-hybridized carbons (Fsp3) is 0.588. The van der Waals surface area contributed by atoms with E-state index in [0.717, 1.165) is 17.7 Å². The fourth-order valence-corrected chi connectivity index (χ4v) is 2.96. The zero-order chi connectivity index (χ0) is 14.7. The molecule has 1 fully saturated rings. The van der Waals surface area contributed by atoms with Crippen molar-refractivity contribution in [1.82, 2.24) is 5.32 Å². The summed E-state index contributed by atoms with van der Waals surface area (Å²) < 4.78 is 0. The number of rotatable bonds is 3. The molecule has 3 nitrogen and oxygen atoms in total. The Kier molecular flexibility index (Phi) is 4.69. The maximum absolute atomic E-state index is 12.4. The third-order valence-corrected chi connectivity index (χ3v) is 4.65. The SMILES string of the molecule is CC1CCCC(NC(=O)c2cccc(N(C)C)c2)C1C. The van der Waals surface area contributed by atoms with Gasteiger partial charge in [-0.25, -0.2) is 0 Å². The lowest BCUT2D eigenvalue weighted by atomic mass is 9.78. The van der Waals surface area contributed by atoms with Crippen LogP contribution in [0.1, 0.15) is 43.5 Å². The average Bonchev–Trinajstić information content (AvgIpc) is 2.44. The van der Waals surface area contributed by atoms with Gasteiger partial charge in [-0.2, -0.15) is 0 Å². The van der Waals surface area contributed by atoms with Gasteiger partial charge in [-0.3, -0.25) is 4.79 Å². The van der Waals surface area contributed by atoms with Gasteiger partial charge in [0.2, 0.25) is 0 Å². The van der Waals surface area contributed by atoms with Gasteiger partial charge in [0.25, 0.3) is 5.91 Å². The van der Waals surface area contributed by atoms with E-state index >= 15 is 0 Å². The molecular formula is C17H26N2O. The van der Waals surface area contributed by atoms with Crippen LogP contribution in [-0.4, -0.2) is 26.0 Å². The summed E-state index contributed by atoms with van der Waals surface area (Å²) in [6.45, 7) is 4.54. The van der Waals surface area contributed by atoms with E-state index < -0.39 is 0 Å². The van der Waals surface area contributed by atoms with Gasteiger partial charge in [-0.15, -0.1) is 0 Å². The zero-order valence-corrected chi connectivity index (χ0v) is 13.0. The Labute approximate surface area is 122 Å². The van der Waals surface area contributed by atoms with Crippen molar-refractivity contribution in [3.05, 3.63) is 29.8 Å². The van der Waals surface area contributed by atoms with Crippen LogP contribution in [0.2, 0.25) is 0 Å². The molecule has 0 aliphatic heterocycles. The highest BCUT2D eigenvalue weighted by molar-refractivity contribution is 5.95. The number of anilines is 1. The van der Waals surface area contributed by atoms with Crippen molar-refractivity contribution in [1.29, 1.82) is 0 Å². The van der Waals surface area contributed by atoms with Crippen LogP contribution in [-0.2, 0) is 0 Å². The van der Waals surface area contributed by atoms with Crippen molar-refractivity contribution in [3.8, 4) is 0 Å². The van der Waals surface area contributed by atoms with Crippen molar-refractivity contribution in [2.45, 2.75) is 39.2 Å². The summed E-state index contributed by atoms with van der Waals surface area (Å²) >= 11 is 0. The Morgan fingerprint density at radius 1 is 1.25 bits per heavy atom. The molecule has 110 valence electrons. The molecule has 0 aromatic heterocycles. The molecule has 0 radical (unpaired) electrons. The van der Waals surface area contributed by atoms with Crippen LogP contribution in [0.3, 0.4) is 0 Å². The number of nitrogens with zero attached hydrogens (tertiary/aromatic N) is 1. The largest absolute Gasteiger partial charge is 0.378 e. The van der Waals surface area contributed by atoms with Crippen LogP contribution >= 0.6 is 0 Å². The standard InChI is InChI=1S/C17H26N2O/c1-12-7-5-10-16(13(12)2)18-17(20)14-8-6-9-15(11-14)19(3)4/h6,8-9,11-13,16H,5,7,10H2,1-4H3,(H,18,20). The summed E-state index contributed by atoms with van der Waals surface area (Å²) in [5.41, 5.74) is 1.81. The van der Waals surface area contributed by atoms with Gasteiger partial charge < -0.3 is 10.2 Å². The molecule has 2 rings (SSSR count). The second-order valence-electron chi connectivity index (χ2n) is 6.29. The van der Waals surface area contributed by atoms with Gasteiger partial charge >= 0.3 is 0 Å². The zero-order valence-electron chi connectivity index (χ0n) is 13.0. The van der Waals surface area contributed by atoms with Gasteiger partial charge in [-0.05, 0) is 36.5 Å². The van der Waals surface area contributed by atoms with Crippen molar-refractivity contribution >= 4 is 11.6 Å². The third-order valence-electron chi connectivity index (χ3n) is 4.65. The Morgan fingerprint density at radius 3 is 2.70 bits per heavy atom. The first-order valence-corrected chi connectivity index (χ1v) is 7.57. The smallest absolute Gasteiger partial charge is 0.251 e. The van der Waals surface area contributed by atoms with E-state index in [1.165, 1.54) is 12.8 Å². The van der Waals surface area contributed by atoms with E-state index in [2.05, 4.69) is 19.2 Å². The van der Waals surface area contributed by atoms with Gasteiger partial charge in [0.05, 0.1) is 0 Å². The van der Waals surface area contributed by atoms with Crippen LogP contribution in [0, 0.1) is 11.8 Å². The molecule has 0 bridgehead atoms. The number of carbonyl (C=O) groups excluding carboxylic acids is 1. The molecule has 0 spiro atoms. The fourth-order valence-electron chi connectivity index (χ4n) is 2.96. The average molecular weight is 274 g/mol. The van der Waals surface area contributed by atoms with Crippen molar-refractivity contribution < 1.29 is 4.79 Å². The van der Waals surface area contributed by atoms with Crippen LogP contribution in [0.25, 0.3) is 0 Å². The molecule has 3 heteroatoms. The Bertz CT molecular complexity index is 470. The highest BCUT2D eigenvalue weighted by Gasteiger charge is 2.28. The molecule has 1 amide bonds. The second kappa shape index (κ2) is 6.29. The molecule has 1 aromatic rings. The number of benzene rings is 1. The van der Waals surface area contributed by atoms with Gasteiger partial charge in [0, 0.05) is 31.4 Å². The Morgan fingerprint density at radius 2 is 2.00 bits per heavy atom. The predicted octanol–water partition coefficient (Wildman–Crippen LogP) is 3.31. The monoisotopic (exact) mass is 274 g/mol. The first-order valence-electron chi connectivity index (χ1n) is 7.57. The minimum absolute atomic E-state index is 0.0552.